The highest BCUT2D eigenvalue weighted by atomic mass is 79.9. The first-order chi connectivity index (χ1) is 7.85. The smallest absolute Gasteiger partial charge is 0.292 e. The lowest BCUT2D eigenvalue weighted by Crippen LogP contribution is -2.32. The molecule has 0 saturated heterocycles. The number of hydrogen-bond acceptors (Lipinski definition) is 4. The number of halogens is 1. The monoisotopic (exact) mass is 302 g/mol. The minimum Gasteiger partial charge on any atom is -0.388 e. The molecule has 1 aromatic rings. The van der Waals surface area contributed by atoms with E-state index in [1.165, 1.54) is 6.07 Å². The number of benzene rings is 1. The van der Waals surface area contributed by atoms with Gasteiger partial charge >= 0.3 is 0 Å². The summed E-state index contributed by atoms with van der Waals surface area (Å²) in [4.78, 5) is 10.4. The summed E-state index contributed by atoms with van der Waals surface area (Å²) in [6.07, 6.45) is 0.571. The van der Waals surface area contributed by atoms with Crippen molar-refractivity contribution in [3.05, 3.63) is 32.8 Å². The Bertz CT molecular complexity index is 421. The van der Waals surface area contributed by atoms with Gasteiger partial charge in [-0.05, 0) is 25.5 Å². The van der Waals surface area contributed by atoms with E-state index in [-0.39, 0.29) is 12.2 Å². The van der Waals surface area contributed by atoms with E-state index in [1.807, 2.05) is 6.92 Å². The molecule has 94 valence electrons. The zero-order chi connectivity index (χ0) is 13.1. The van der Waals surface area contributed by atoms with E-state index in [0.717, 1.165) is 4.47 Å². The fraction of sp³-hybridized carbons (Fsp3) is 0.455. The Morgan fingerprint density at radius 3 is 2.76 bits per heavy atom. The van der Waals surface area contributed by atoms with Crippen molar-refractivity contribution in [3.8, 4) is 0 Å². The molecule has 17 heavy (non-hydrogen) atoms. The van der Waals surface area contributed by atoms with Crippen LogP contribution in [0.3, 0.4) is 0 Å². The second-order valence-electron chi connectivity index (χ2n) is 4.12. The van der Waals surface area contributed by atoms with Gasteiger partial charge in [0, 0.05) is 17.1 Å². The van der Waals surface area contributed by atoms with Gasteiger partial charge in [0.2, 0.25) is 0 Å². The maximum absolute atomic E-state index is 10.8. The molecule has 0 aromatic heterocycles. The van der Waals surface area contributed by atoms with Gasteiger partial charge in [-0.25, -0.2) is 0 Å². The van der Waals surface area contributed by atoms with Crippen molar-refractivity contribution >= 4 is 27.3 Å². The number of nitro groups is 1. The molecule has 6 heteroatoms. The summed E-state index contributed by atoms with van der Waals surface area (Å²) in [7, 11) is 0. The predicted octanol–water partition coefficient (Wildman–Crippen LogP) is 2.93. The van der Waals surface area contributed by atoms with Crippen molar-refractivity contribution in [2.75, 3.05) is 11.9 Å². The highest BCUT2D eigenvalue weighted by molar-refractivity contribution is 9.10. The number of aliphatic hydroxyl groups is 1. The van der Waals surface area contributed by atoms with E-state index < -0.39 is 10.5 Å². The molecule has 0 aliphatic carbocycles. The summed E-state index contributed by atoms with van der Waals surface area (Å²) in [6, 6.07) is 4.66. The number of nitrogens with one attached hydrogen (secondary N) is 1. The third kappa shape index (κ3) is 3.98. The van der Waals surface area contributed by atoms with Gasteiger partial charge in [-0.3, -0.25) is 10.1 Å². The molecule has 0 saturated carbocycles. The second-order valence-corrected chi connectivity index (χ2v) is 5.04. The van der Waals surface area contributed by atoms with Crippen LogP contribution in [0, 0.1) is 10.1 Å². The number of rotatable bonds is 5. The van der Waals surface area contributed by atoms with E-state index in [9.17, 15) is 15.2 Å². The standard InChI is InChI=1S/C11H15BrN2O3/c1-3-11(2,15)7-13-9-6-8(12)4-5-10(9)14(16)17/h4-6,13,15H,3,7H2,1-2H3. The number of nitrogens with zero attached hydrogens (tertiary/aromatic N) is 1. The fourth-order valence-corrected chi connectivity index (χ4v) is 1.58. The topological polar surface area (TPSA) is 75.4 Å². The van der Waals surface area contributed by atoms with Crippen molar-refractivity contribution in [3.63, 3.8) is 0 Å². The highest BCUT2D eigenvalue weighted by Crippen LogP contribution is 2.28. The van der Waals surface area contributed by atoms with E-state index >= 15 is 0 Å². The fourth-order valence-electron chi connectivity index (χ4n) is 1.22. The quantitative estimate of drug-likeness (QED) is 0.648. The van der Waals surface area contributed by atoms with Crippen LogP contribution in [0.4, 0.5) is 11.4 Å². The molecule has 0 spiro atoms. The molecule has 1 aromatic carbocycles. The minimum absolute atomic E-state index is 0.0000954. The Hall–Kier alpha value is -1.14. The van der Waals surface area contributed by atoms with Crippen LogP contribution < -0.4 is 5.32 Å². The lowest BCUT2D eigenvalue weighted by molar-refractivity contribution is -0.384. The van der Waals surface area contributed by atoms with Crippen LogP contribution in [0.15, 0.2) is 22.7 Å². The van der Waals surface area contributed by atoms with Gasteiger partial charge in [0.1, 0.15) is 5.69 Å². The van der Waals surface area contributed by atoms with E-state index in [2.05, 4.69) is 21.2 Å². The van der Waals surface area contributed by atoms with Gasteiger partial charge in [0.05, 0.1) is 10.5 Å². The predicted molar refractivity (Wildman–Crippen MR) is 70.2 cm³/mol. The van der Waals surface area contributed by atoms with Crippen molar-refractivity contribution < 1.29 is 10.0 Å². The molecule has 0 heterocycles. The highest BCUT2D eigenvalue weighted by Gasteiger charge is 2.20. The molecule has 5 nitrogen and oxygen atoms in total. The third-order valence-corrected chi connectivity index (χ3v) is 3.07. The maximum atomic E-state index is 10.8. The SMILES string of the molecule is CCC(C)(O)CNc1cc(Br)ccc1[N+](=O)[O-]. The molecule has 0 radical (unpaired) electrons. The van der Waals surface area contributed by atoms with Crippen LogP contribution in [-0.2, 0) is 0 Å². The van der Waals surface area contributed by atoms with Crippen LogP contribution >= 0.6 is 15.9 Å². The van der Waals surface area contributed by atoms with Crippen LogP contribution in [-0.4, -0.2) is 22.2 Å². The third-order valence-electron chi connectivity index (χ3n) is 2.58. The van der Waals surface area contributed by atoms with Gasteiger partial charge in [0.25, 0.3) is 5.69 Å². The van der Waals surface area contributed by atoms with E-state index in [4.69, 9.17) is 0 Å². The van der Waals surface area contributed by atoms with Crippen LogP contribution in [0.2, 0.25) is 0 Å². The van der Waals surface area contributed by atoms with E-state index in [0.29, 0.717) is 12.1 Å². The van der Waals surface area contributed by atoms with Gasteiger partial charge in [-0.2, -0.15) is 0 Å². The van der Waals surface area contributed by atoms with Crippen LogP contribution in [0.5, 0.6) is 0 Å². The van der Waals surface area contributed by atoms with Gasteiger partial charge in [-0.1, -0.05) is 22.9 Å². The summed E-state index contributed by atoms with van der Waals surface area (Å²) >= 11 is 3.26. The molecular formula is C11H15BrN2O3. The Labute approximate surface area is 108 Å². The molecule has 0 fully saturated rings. The van der Waals surface area contributed by atoms with Crippen molar-refractivity contribution in [2.24, 2.45) is 0 Å². The number of nitro benzene ring substituents is 1. The zero-order valence-electron chi connectivity index (χ0n) is 9.74. The normalized spacial score (nSPS) is 14.1. The largest absolute Gasteiger partial charge is 0.388 e. The van der Waals surface area contributed by atoms with Crippen molar-refractivity contribution in [2.45, 2.75) is 25.9 Å². The maximum Gasteiger partial charge on any atom is 0.292 e. The van der Waals surface area contributed by atoms with Gasteiger partial charge < -0.3 is 10.4 Å². The summed E-state index contributed by atoms with van der Waals surface area (Å²) in [5.41, 5.74) is -0.478. The molecule has 0 amide bonds. The average Bonchev–Trinajstić information content (AvgIpc) is 2.26. The molecule has 0 bridgehead atoms. The van der Waals surface area contributed by atoms with E-state index in [1.54, 1.807) is 19.1 Å². The molecule has 2 N–H and O–H groups in total. The first-order valence-corrected chi connectivity index (χ1v) is 6.05. The zero-order valence-corrected chi connectivity index (χ0v) is 11.3. The second kappa shape index (κ2) is 5.46. The molecular weight excluding hydrogens is 288 g/mol. The number of anilines is 1. The molecule has 1 atom stereocenters. The molecule has 1 rings (SSSR count). The van der Waals surface area contributed by atoms with Crippen LogP contribution in [0.1, 0.15) is 20.3 Å². The first-order valence-electron chi connectivity index (χ1n) is 5.26. The summed E-state index contributed by atoms with van der Waals surface area (Å²) in [6.45, 7) is 3.81. The first kappa shape index (κ1) is 13.9. The minimum atomic E-state index is -0.879. The molecule has 0 aliphatic rings. The summed E-state index contributed by atoms with van der Waals surface area (Å²) < 4.78 is 0.752. The van der Waals surface area contributed by atoms with Crippen LogP contribution in [0.25, 0.3) is 0 Å². The lowest BCUT2D eigenvalue weighted by atomic mass is 10.0. The average molecular weight is 303 g/mol. The summed E-state index contributed by atoms with van der Waals surface area (Å²) in [5.74, 6) is 0. The van der Waals surface area contributed by atoms with Crippen molar-refractivity contribution in [1.82, 2.24) is 0 Å². The van der Waals surface area contributed by atoms with Gasteiger partial charge in [0.15, 0.2) is 0 Å². The molecule has 0 aliphatic heterocycles. The van der Waals surface area contributed by atoms with Crippen molar-refractivity contribution in [1.29, 1.82) is 0 Å². The Balaban J connectivity index is 2.89. The summed E-state index contributed by atoms with van der Waals surface area (Å²) in [5, 5.41) is 23.6. The Morgan fingerprint density at radius 1 is 1.59 bits per heavy atom. The lowest BCUT2D eigenvalue weighted by Gasteiger charge is -2.22. The Morgan fingerprint density at radius 2 is 2.24 bits per heavy atom. The number of hydrogen-bond donors (Lipinski definition) is 2. The van der Waals surface area contributed by atoms with Gasteiger partial charge in [-0.15, -0.1) is 0 Å². The molecule has 1 unspecified atom stereocenters. The Kier molecular flexibility index (Phi) is 4.47.